The Hall–Kier alpha value is -2.18. The third-order valence-corrected chi connectivity index (χ3v) is 4.86. The molecule has 1 fully saturated rings. The first-order valence-electron chi connectivity index (χ1n) is 8.43. The number of nitrogens with one attached hydrogen (secondary N) is 1. The zero-order valence-electron chi connectivity index (χ0n) is 15.0. The summed E-state index contributed by atoms with van der Waals surface area (Å²) in [5.74, 6) is -0.442. The molecule has 0 radical (unpaired) electrons. The minimum absolute atomic E-state index is 0.000685. The summed E-state index contributed by atoms with van der Waals surface area (Å²) in [5.41, 5.74) is -1.14. The fourth-order valence-electron chi connectivity index (χ4n) is 3.86. The van der Waals surface area contributed by atoms with Crippen LogP contribution in [0.3, 0.4) is 0 Å². The van der Waals surface area contributed by atoms with Crippen LogP contribution in [-0.4, -0.2) is 33.3 Å². The molecular weight excluding hydrogens is 320 g/mol. The molecule has 6 nitrogen and oxygen atoms in total. The Bertz CT molecular complexity index is 851. The summed E-state index contributed by atoms with van der Waals surface area (Å²) < 4.78 is 5.24. The first-order chi connectivity index (χ1) is 11.6. The number of piperidine rings is 1. The Balaban J connectivity index is 1.85. The Morgan fingerprint density at radius 2 is 1.80 bits per heavy atom. The SMILES string of the molecule is CC1(C)CC(NC(=O)c2cc3ccccc3oc2=O)CC(C)(C)N1O. The second-order valence-corrected chi connectivity index (χ2v) is 8.00. The highest BCUT2D eigenvalue weighted by atomic mass is 16.5. The van der Waals surface area contributed by atoms with Crippen LogP contribution in [0.4, 0.5) is 0 Å². The predicted molar refractivity (Wildman–Crippen MR) is 94.8 cm³/mol. The molecule has 1 aromatic carbocycles. The van der Waals surface area contributed by atoms with E-state index in [-0.39, 0.29) is 11.6 Å². The monoisotopic (exact) mass is 344 g/mol. The molecule has 1 amide bonds. The molecule has 6 heteroatoms. The van der Waals surface area contributed by atoms with Crippen molar-refractivity contribution in [2.75, 3.05) is 0 Å². The molecule has 1 aromatic heterocycles. The second kappa shape index (κ2) is 5.97. The summed E-state index contributed by atoms with van der Waals surface area (Å²) in [5, 5.41) is 15.3. The number of benzene rings is 1. The number of fused-ring (bicyclic) bond motifs is 1. The van der Waals surface area contributed by atoms with Crippen molar-refractivity contribution in [1.29, 1.82) is 0 Å². The van der Waals surface area contributed by atoms with Gasteiger partial charge in [0.1, 0.15) is 11.1 Å². The van der Waals surface area contributed by atoms with E-state index in [2.05, 4.69) is 5.32 Å². The van der Waals surface area contributed by atoms with Crippen LogP contribution in [-0.2, 0) is 0 Å². The fourth-order valence-corrected chi connectivity index (χ4v) is 3.86. The number of hydroxylamine groups is 2. The summed E-state index contributed by atoms with van der Waals surface area (Å²) in [4.78, 5) is 24.8. The first kappa shape index (κ1) is 17.6. The molecule has 134 valence electrons. The number of amides is 1. The van der Waals surface area contributed by atoms with E-state index in [1.807, 2.05) is 33.8 Å². The van der Waals surface area contributed by atoms with Crippen molar-refractivity contribution in [3.05, 3.63) is 46.3 Å². The highest BCUT2D eigenvalue weighted by Gasteiger charge is 2.45. The molecule has 0 bridgehead atoms. The van der Waals surface area contributed by atoms with E-state index in [1.54, 1.807) is 24.3 Å². The van der Waals surface area contributed by atoms with Gasteiger partial charge in [0.2, 0.25) is 0 Å². The number of hydrogen-bond donors (Lipinski definition) is 2. The maximum atomic E-state index is 12.6. The number of para-hydroxylation sites is 1. The second-order valence-electron chi connectivity index (χ2n) is 8.00. The van der Waals surface area contributed by atoms with Gasteiger partial charge in [0.25, 0.3) is 5.91 Å². The zero-order chi connectivity index (χ0) is 18.4. The van der Waals surface area contributed by atoms with Gasteiger partial charge in [-0.2, -0.15) is 5.06 Å². The molecule has 0 unspecified atom stereocenters. The molecule has 2 aromatic rings. The van der Waals surface area contributed by atoms with Gasteiger partial charge in [0.05, 0.1) is 0 Å². The Morgan fingerprint density at radius 3 is 2.44 bits per heavy atom. The van der Waals surface area contributed by atoms with Crippen LogP contribution in [0, 0.1) is 0 Å². The average Bonchev–Trinajstić information content (AvgIpc) is 2.51. The molecule has 2 N–H and O–H groups in total. The van der Waals surface area contributed by atoms with Crippen LogP contribution in [0.1, 0.15) is 50.9 Å². The van der Waals surface area contributed by atoms with Crippen molar-refractivity contribution in [3.8, 4) is 0 Å². The van der Waals surface area contributed by atoms with Crippen molar-refractivity contribution >= 4 is 16.9 Å². The van der Waals surface area contributed by atoms with E-state index < -0.39 is 22.6 Å². The maximum Gasteiger partial charge on any atom is 0.349 e. The molecule has 1 saturated heterocycles. The third kappa shape index (κ3) is 3.32. The molecule has 0 saturated carbocycles. The van der Waals surface area contributed by atoms with Gasteiger partial charge in [-0.1, -0.05) is 18.2 Å². The molecule has 1 aliphatic rings. The van der Waals surface area contributed by atoms with Gasteiger partial charge in [0, 0.05) is 22.5 Å². The largest absolute Gasteiger partial charge is 0.422 e. The molecular formula is C19H24N2O4. The van der Waals surface area contributed by atoms with Gasteiger partial charge in [-0.15, -0.1) is 0 Å². The molecule has 3 rings (SSSR count). The highest BCUT2D eigenvalue weighted by molar-refractivity contribution is 5.96. The minimum atomic E-state index is -0.644. The van der Waals surface area contributed by atoms with Gasteiger partial charge in [-0.3, -0.25) is 4.79 Å². The van der Waals surface area contributed by atoms with Crippen molar-refractivity contribution in [2.45, 2.75) is 57.7 Å². The molecule has 1 aliphatic heterocycles. The number of hydrogen-bond acceptors (Lipinski definition) is 5. The molecule has 0 atom stereocenters. The van der Waals surface area contributed by atoms with Crippen LogP contribution in [0.15, 0.2) is 39.5 Å². The maximum absolute atomic E-state index is 12.6. The zero-order valence-corrected chi connectivity index (χ0v) is 15.0. The number of nitrogens with zero attached hydrogens (tertiary/aromatic N) is 1. The van der Waals surface area contributed by atoms with Gasteiger partial charge < -0.3 is 14.9 Å². The van der Waals surface area contributed by atoms with E-state index in [9.17, 15) is 14.8 Å². The van der Waals surface area contributed by atoms with Crippen molar-refractivity contribution in [2.24, 2.45) is 0 Å². The summed E-state index contributed by atoms with van der Waals surface area (Å²) in [6.07, 6.45) is 1.16. The van der Waals surface area contributed by atoms with Crippen LogP contribution >= 0.6 is 0 Å². The molecule has 25 heavy (non-hydrogen) atoms. The number of carbonyl (C=O) groups excluding carboxylic acids is 1. The number of rotatable bonds is 2. The predicted octanol–water partition coefficient (Wildman–Crippen LogP) is 2.93. The lowest BCUT2D eigenvalue weighted by molar-refractivity contribution is -0.245. The normalized spacial score (nSPS) is 20.5. The Labute approximate surface area is 146 Å². The van der Waals surface area contributed by atoms with E-state index in [0.29, 0.717) is 23.8 Å². The molecule has 2 heterocycles. The Morgan fingerprint density at radius 1 is 1.20 bits per heavy atom. The topological polar surface area (TPSA) is 82.8 Å². The van der Waals surface area contributed by atoms with Crippen LogP contribution < -0.4 is 10.9 Å². The highest BCUT2D eigenvalue weighted by Crippen LogP contribution is 2.36. The summed E-state index contributed by atoms with van der Waals surface area (Å²) in [6.45, 7) is 7.71. The molecule has 0 spiro atoms. The first-order valence-corrected chi connectivity index (χ1v) is 8.43. The smallest absolute Gasteiger partial charge is 0.349 e. The Kier molecular flexibility index (Phi) is 4.21. The van der Waals surface area contributed by atoms with Gasteiger partial charge in [-0.25, -0.2) is 4.79 Å². The van der Waals surface area contributed by atoms with E-state index in [0.717, 1.165) is 0 Å². The van der Waals surface area contributed by atoms with Gasteiger partial charge in [0.15, 0.2) is 0 Å². The summed E-state index contributed by atoms with van der Waals surface area (Å²) in [6, 6.07) is 8.51. The lowest BCUT2D eigenvalue weighted by Crippen LogP contribution is -2.63. The minimum Gasteiger partial charge on any atom is -0.422 e. The van der Waals surface area contributed by atoms with E-state index in [1.165, 1.54) is 5.06 Å². The lowest BCUT2D eigenvalue weighted by atomic mass is 9.79. The van der Waals surface area contributed by atoms with E-state index in [4.69, 9.17) is 4.42 Å². The summed E-state index contributed by atoms with van der Waals surface area (Å²) >= 11 is 0. The van der Waals surface area contributed by atoms with Gasteiger partial charge in [-0.05, 0) is 52.7 Å². The van der Waals surface area contributed by atoms with E-state index >= 15 is 0 Å². The van der Waals surface area contributed by atoms with Crippen LogP contribution in [0.2, 0.25) is 0 Å². The van der Waals surface area contributed by atoms with Crippen LogP contribution in [0.5, 0.6) is 0 Å². The van der Waals surface area contributed by atoms with Crippen molar-refractivity contribution in [1.82, 2.24) is 10.4 Å². The fraction of sp³-hybridized carbons (Fsp3) is 0.474. The molecule has 0 aliphatic carbocycles. The lowest BCUT2D eigenvalue weighted by Gasteiger charge is -2.51. The quantitative estimate of drug-likeness (QED) is 0.819. The standard InChI is InChI=1S/C19H24N2O4/c1-18(2)10-13(11-19(3,4)21(18)24)20-16(22)14-9-12-7-5-6-8-15(12)25-17(14)23/h5-9,13,24H,10-11H2,1-4H3,(H,20,22). The average molecular weight is 344 g/mol. The summed E-state index contributed by atoms with van der Waals surface area (Å²) in [7, 11) is 0. The van der Waals surface area contributed by atoms with Gasteiger partial charge >= 0.3 is 5.63 Å². The number of carbonyl (C=O) groups is 1. The van der Waals surface area contributed by atoms with Crippen molar-refractivity contribution in [3.63, 3.8) is 0 Å². The van der Waals surface area contributed by atoms with Crippen molar-refractivity contribution < 1.29 is 14.4 Å². The third-order valence-electron chi connectivity index (χ3n) is 4.86. The van der Waals surface area contributed by atoms with Crippen LogP contribution in [0.25, 0.3) is 11.0 Å².